The zero-order chi connectivity index (χ0) is 23.8. The van der Waals surface area contributed by atoms with E-state index >= 15 is 0 Å². The molecule has 0 saturated carbocycles. The van der Waals surface area contributed by atoms with Gasteiger partial charge in [-0.05, 0) is 41.1 Å². The lowest BCUT2D eigenvalue weighted by Crippen LogP contribution is -1.69. The van der Waals surface area contributed by atoms with Gasteiger partial charge in [0.05, 0.1) is 0 Å². The Kier molecular flexibility index (Phi) is 14.0. The average molecular weight is 448 g/mol. The highest BCUT2D eigenvalue weighted by Gasteiger charge is 1.85. The van der Waals surface area contributed by atoms with Crippen LogP contribution in [0.1, 0.15) is 0 Å². The maximum Gasteiger partial charge on any atom is 0.115 e. The molecule has 2 aromatic carbocycles. The molecular weight excluding hydrogens is 422 g/mol. The third kappa shape index (κ3) is 13.4. The van der Waals surface area contributed by atoms with Crippen LogP contribution in [0.25, 0.3) is 10.8 Å². The molecule has 6 rings (SSSR count). The number of benzene rings is 2. The van der Waals surface area contributed by atoms with Gasteiger partial charge in [0.15, 0.2) is 0 Å². The van der Waals surface area contributed by atoms with Crippen molar-refractivity contribution < 1.29 is 0 Å². The molecule has 168 valence electrons. The van der Waals surface area contributed by atoms with Crippen molar-refractivity contribution in [2.45, 2.75) is 0 Å². The van der Waals surface area contributed by atoms with Crippen LogP contribution in [0.4, 0.5) is 0 Å². The van der Waals surface area contributed by atoms with E-state index in [0.717, 1.165) is 0 Å². The van der Waals surface area contributed by atoms with Crippen molar-refractivity contribution in [1.29, 1.82) is 0 Å². The van der Waals surface area contributed by atoms with Crippen molar-refractivity contribution in [1.82, 2.24) is 35.1 Å². The van der Waals surface area contributed by atoms with E-state index in [1.807, 2.05) is 30.3 Å². The van der Waals surface area contributed by atoms with Crippen LogP contribution in [0, 0.1) is 0 Å². The number of nitrogens with zero attached hydrogens (tertiary/aromatic N) is 7. The summed E-state index contributed by atoms with van der Waals surface area (Å²) in [5.41, 5.74) is 0. The number of aromatic nitrogens is 7. The summed E-state index contributed by atoms with van der Waals surface area (Å²) in [4.78, 5) is 18.6. The molecule has 7 heteroatoms. The first-order chi connectivity index (χ1) is 17.0. The first-order valence-corrected chi connectivity index (χ1v) is 10.4. The molecule has 0 atom stereocenters. The Morgan fingerprint density at radius 3 is 0.882 bits per heavy atom. The molecule has 0 N–H and O–H groups in total. The number of pyridine rings is 1. The van der Waals surface area contributed by atoms with Crippen molar-refractivity contribution in [3.05, 3.63) is 153 Å². The van der Waals surface area contributed by atoms with Crippen LogP contribution in [-0.4, -0.2) is 35.1 Å². The molecule has 0 aliphatic heterocycles. The van der Waals surface area contributed by atoms with Gasteiger partial charge in [-0.2, -0.15) is 10.2 Å². The van der Waals surface area contributed by atoms with Crippen molar-refractivity contribution in [3.8, 4) is 0 Å². The minimum absolute atomic E-state index is 1.31. The molecule has 4 aromatic heterocycles. The predicted molar refractivity (Wildman–Crippen MR) is 134 cm³/mol. The quantitative estimate of drug-likeness (QED) is 0.310. The van der Waals surface area contributed by atoms with Gasteiger partial charge in [-0.15, -0.1) is 0 Å². The molecule has 0 aliphatic rings. The highest BCUT2D eigenvalue weighted by Crippen LogP contribution is 2.11. The highest BCUT2D eigenvalue weighted by molar-refractivity contribution is 5.81. The Hall–Kier alpha value is -4.91. The summed E-state index contributed by atoms with van der Waals surface area (Å²) in [6.45, 7) is 0. The van der Waals surface area contributed by atoms with Crippen LogP contribution < -0.4 is 0 Å². The Labute approximate surface area is 199 Å². The molecular formula is C27H25N7. The lowest BCUT2D eigenvalue weighted by Gasteiger charge is -1.92. The zero-order valence-corrected chi connectivity index (χ0v) is 18.6. The van der Waals surface area contributed by atoms with Crippen molar-refractivity contribution >= 4 is 10.8 Å². The lowest BCUT2D eigenvalue weighted by molar-refractivity contribution is 1.03. The van der Waals surface area contributed by atoms with Crippen LogP contribution in [-0.2, 0) is 0 Å². The molecule has 0 spiro atoms. The molecule has 6 aromatic rings. The lowest BCUT2D eigenvalue weighted by atomic mass is 10.1. The molecule has 4 heterocycles. The van der Waals surface area contributed by atoms with E-state index in [2.05, 4.69) is 83.6 Å². The minimum atomic E-state index is 1.31. The van der Waals surface area contributed by atoms with Gasteiger partial charge in [-0.25, -0.2) is 9.97 Å². The smallest absolute Gasteiger partial charge is 0.115 e. The third-order valence-electron chi connectivity index (χ3n) is 3.66. The second-order valence-corrected chi connectivity index (χ2v) is 6.08. The second kappa shape index (κ2) is 18.8. The summed E-state index contributed by atoms with van der Waals surface area (Å²) < 4.78 is 0. The van der Waals surface area contributed by atoms with Crippen LogP contribution in [0.3, 0.4) is 0 Å². The number of hydrogen-bond acceptors (Lipinski definition) is 7. The standard InChI is InChI=1S/C10H8.C5H5N.3C4H4N2/c1-2-6-10-8-4-3-7-9(10)5-1;1-2-4-6-5-3-1;1-2-6-4-3-5-1;1-2-5-4-6-3-1;1-2-4-6-5-3-1/h1-8H;1-5H;3*1-4H. The van der Waals surface area contributed by atoms with Crippen molar-refractivity contribution in [2.75, 3.05) is 0 Å². The van der Waals surface area contributed by atoms with Gasteiger partial charge in [0.25, 0.3) is 0 Å². The normalized spacial score (nSPS) is 8.59. The van der Waals surface area contributed by atoms with Gasteiger partial charge in [-0.1, -0.05) is 54.6 Å². The monoisotopic (exact) mass is 447 g/mol. The van der Waals surface area contributed by atoms with E-state index in [0.29, 0.717) is 0 Å². The maximum atomic E-state index is 3.78. The molecule has 0 unspecified atom stereocenters. The van der Waals surface area contributed by atoms with E-state index in [9.17, 15) is 0 Å². The molecule has 34 heavy (non-hydrogen) atoms. The van der Waals surface area contributed by atoms with Crippen LogP contribution >= 0.6 is 0 Å². The van der Waals surface area contributed by atoms with Crippen molar-refractivity contribution in [2.24, 2.45) is 0 Å². The summed E-state index contributed by atoms with van der Waals surface area (Å²) in [5.74, 6) is 0. The average Bonchev–Trinajstić information content (AvgIpc) is 2.98. The van der Waals surface area contributed by atoms with Gasteiger partial charge in [0.2, 0.25) is 0 Å². The summed E-state index contributed by atoms with van der Waals surface area (Å²) in [5, 5.41) is 9.69. The van der Waals surface area contributed by atoms with E-state index < -0.39 is 0 Å². The largest absolute Gasteiger partial charge is 0.265 e. The number of hydrogen-bond donors (Lipinski definition) is 0. The van der Waals surface area contributed by atoms with E-state index in [-0.39, 0.29) is 0 Å². The van der Waals surface area contributed by atoms with Gasteiger partial charge >= 0.3 is 0 Å². The molecule has 0 aliphatic carbocycles. The van der Waals surface area contributed by atoms with Crippen LogP contribution in [0.2, 0.25) is 0 Å². The van der Waals surface area contributed by atoms with Gasteiger partial charge < -0.3 is 0 Å². The fourth-order valence-electron chi connectivity index (χ4n) is 2.21. The molecule has 7 nitrogen and oxygen atoms in total. The first kappa shape index (κ1) is 25.4. The maximum absolute atomic E-state index is 3.78. The van der Waals surface area contributed by atoms with Crippen LogP contribution in [0.15, 0.2) is 153 Å². The Morgan fingerprint density at radius 1 is 0.294 bits per heavy atom. The molecule has 0 saturated heterocycles. The van der Waals surface area contributed by atoms with Gasteiger partial charge in [0, 0.05) is 62.0 Å². The predicted octanol–water partition coefficient (Wildman–Crippen LogP) is 5.35. The Balaban J connectivity index is 0.000000153. The molecule has 0 radical (unpaired) electrons. The molecule has 0 amide bonds. The molecule has 0 bridgehead atoms. The summed E-state index contributed by atoms with van der Waals surface area (Å²) in [6, 6.07) is 27.9. The highest BCUT2D eigenvalue weighted by atomic mass is 15.1. The minimum Gasteiger partial charge on any atom is -0.265 e. The van der Waals surface area contributed by atoms with Crippen molar-refractivity contribution in [3.63, 3.8) is 0 Å². The summed E-state index contributed by atoms with van der Waals surface area (Å²) in [7, 11) is 0. The van der Waals surface area contributed by atoms with E-state index in [1.165, 1.54) is 17.1 Å². The van der Waals surface area contributed by atoms with Crippen LogP contribution in [0.5, 0.6) is 0 Å². The summed E-state index contributed by atoms with van der Waals surface area (Å²) in [6.07, 6.45) is 18.2. The van der Waals surface area contributed by atoms with Gasteiger partial charge in [0.1, 0.15) is 6.33 Å². The summed E-state index contributed by atoms with van der Waals surface area (Å²) >= 11 is 0. The number of rotatable bonds is 0. The first-order valence-electron chi connectivity index (χ1n) is 10.4. The van der Waals surface area contributed by atoms with E-state index in [4.69, 9.17) is 0 Å². The molecule has 0 fully saturated rings. The topological polar surface area (TPSA) is 90.2 Å². The fraction of sp³-hybridized carbons (Fsp3) is 0. The Morgan fingerprint density at radius 2 is 0.676 bits per heavy atom. The van der Waals surface area contributed by atoms with E-state index in [1.54, 1.807) is 68.0 Å². The Bertz CT molecular complexity index is 896. The number of fused-ring (bicyclic) bond motifs is 1. The fourth-order valence-corrected chi connectivity index (χ4v) is 2.21. The SMILES string of the molecule is c1ccc2ccccc2c1.c1ccncc1.c1ccnnc1.c1cnccn1.c1cncnc1. The second-order valence-electron chi connectivity index (χ2n) is 6.08. The van der Waals surface area contributed by atoms with Gasteiger partial charge in [-0.3, -0.25) is 15.0 Å². The zero-order valence-electron chi connectivity index (χ0n) is 18.6. The third-order valence-corrected chi connectivity index (χ3v) is 3.66.